The fourth-order valence-electron chi connectivity index (χ4n) is 5.15. The summed E-state index contributed by atoms with van der Waals surface area (Å²) in [5.41, 5.74) is 2.34. The summed E-state index contributed by atoms with van der Waals surface area (Å²) in [4.78, 5) is 28.1. The second-order valence-corrected chi connectivity index (χ2v) is 9.21. The van der Waals surface area contributed by atoms with Crippen molar-refractivity contribution >= 4 is 11.7 Å². The zero-order chi connectivity index (χ0) is 23.5. The van der Waals surface area contributed by atoms with Gasteiger partial charge in [0.05, 0.1) is 19.1 Å². The average Bonchev–Trinajstić information content (AvgIpc) is 2.88. The molecule has 0 unspecified atom stereocenters. The topological polar surface area (TPSA) is 55.8 Å². The highest BCUT2D eigenvalue weighted by Crippen LogP contribution is 2.41. The van der Waals surface area contributed by atoms with Gasteiger partial charge in [0.15, 0.2) is 5.78 Å². The highest BCUT2D eigenvalue weighted by molar-refractivity contribution is 6.00. The standard InChI is InChI=1S/C29H29NO4/c1-33-23-12-13-24-26(31)20-29(34-27(24)18-23)14-16-30(17-15-29)28(32)19-25(21-8-4-2-5-9-21)22-10-6-3-7-11-22/h2-13,18,25H,14-17,19-20H2,1H3. The molecule has 34 heavy (non-hydrogen) atoms. The molecule has 3 aromatic rings. The van der Waals surface area contributed by atoms with Gasteiger partial charge in [0.25, 0.3) is 0 Å². The summed E-state index contributed by atoms with van der Waals surface area (Å²) >= 11 is 0. The van der Waals surface area contributed by atoms with Crippen LogP contribution in [0.1, 0.15) is 53.1 Å². The fraction of sp³-hybridized carbons (Fsp3) is 0.310. The monoisotopic (exact) mass is 455 g/mol. The number of ketones is 1. The Morgan fingerprint density at radius 3 is 2.18 bits per heavy atom. The molecule has 0 aliphatic carbocycles. The zero-order valence-corrected chi connectivity index (χ0v) is 19.4. The lowest BCUT2D eigenvalue weighted by Gasteiger charge is -2.44. The maximum atomic E-state index is 13.4. The quantitative estimate of drug-likeness (QED) is 0.528. The third-order valence-electron chi connectivity index (χ3n) is 7.11. The van der Waals surface area contributed by atoms with E-state index in [1.54, 1.807) is 25.3 Å². The highest BCUT2D eigenvalue weighted by atomic mass is 16.5. The predicted octanol–water partition coefficient (Wildman–Crippen LogP) is 5.24. The molecule has 1 amide bonds. The smallest absolute Gasteiger partial charge is 0.223 e. The number of ether oxygens (including phenoxy) is 2. The van der Waals surface area contributed by atoms with Crippen LogP contribution >= 0.6 is 0 Å². The number of hydrogen-bond donors (Lipinski definition) is 0. The Bertz CT molecular complexity index is 1130. The fourth-order valence-corrected chi connectivity index (χ4v) is 5.15. The third-order valence-corrected chi connectivity index (χ3v) is 7.11. The van der Waals surface area contributed by atoms with E-state index in [1.807, 2.05) is 41.3 Å². The molecule has 5 heteroatoms. The van der Waals surface area contributed by atoms with E-state index in [2.05, 4.69) is 24.3 Å². The molecular weight excluding hydrogens is 426 g/mol. The molecular formula is C29H29NO4. The summed E-state index contributed by atoms with van der Waals surface area (Å²) in [6.45, 7) is 1.17. The van der Waals surface area contributed by atoms with Crippen molar-refractivity contribution in [2.45, 2.75) is 37.2 Å². The number of likely N-dealkylation sites (tertiary alicyclic amines) is 1. The van der Waals surface area contributed by atoms with Crippen LogP contribution in [0.4, 0.5) is 0 Å². The third kappa shape index (κ3) is 4.43. The molecule has 174 valence electrons. The van der Waals surface area contributed by atoms with Gasteiger partial charge in [-0.05, 0) is 23.3 Å². The average molecular weight is 456 g/mol. The lowest BCUT2D eigenvalue weighted by Crippen LogP contribution is -2.52. The van der Waals surface area contributed by atoms with Gasteiger partial charge < -0.3 is 14.4 Å². The summed E-state index contributed by atoms with van der Waals surface area (Å²) in [6.07, 6.45) is 2.05. The maximum absolute atomic E-state index is 13.4. The van der Waals surface area contributed by atoms with Gasteiger partial charge >= 0.3 is 0 Å². The molecule has 2 heterocycles. The number of nitrogens with zero attached hydrogens (tertiary/aromatic N) is 1. The van der Waals surface area contributed by atoms with E-state index in [-0.39, 0.29) is 17.6 Å². The largest absolute Gasteiger partial charge is 0.497 e. The molecule has 5 rings (SSSR count). The number of hydrogen-bond acceptors (Lipinski definition) is 4. The molecule has 1 saturated heterocycles. The SMILES string of the molecule is COc1ccc2c(c1)OC1(CCN(C(=O)CC(c3ccccc3)c3ccccc3)CC1)CC2=O. The zero-order valence-electron chi connectivity index (χ0n) is 19.4. The minimum absolute atomic E-state index is 0.0117. The molecule has 0 atom stereocenters. The number of Topliss-reactive ketones (excluding diaryl/α,β-unsaturated/α-hetero) is 1. The summed E-state index contributed by atoms with van der Waals surface area (Å²) in [5.74, 6) is 1.50. The first kappa shape index (κ1) is 22.2. The molecule has 0 aromatic heterocycles. The van der Waals surface area contributed by atoms with Gasteiger partial charge in [0.1, 0.15) is 17.1 Å². The van der Waals surface area contributed by atoms with Crippen LogP contribution in [0.2, 0.25) is 0 Å². The Hall–Kier alpha value is -3.60. The summed E-state index contributed by atoms with van der Waals surface area (Å²) in [6, 6.07) is 25.8. The van der Waals surface area contributed by atoms with Crippen molar-refractivity contribution in [2.24, 2.45) is 0 Å². The van der Waals surface area contributed by atoms with E-state index >= 15 is 0 Å². The van der Waals surface area contributed by atoms with Gasteiger partial charge in [-0.3, -0.25) is 9.59 Å². The summed E-state index contributed by atoms with van der Waals surface area (Å²) in [5, 5.41) is 0. The van der Waals surface area contributed by atoms with Crippen LogP contribution < -0.4 is 9.47 Å². The first-order valence-electron chi connectivity index (χ1n) is 11.8. The number of fused-ring (bicyclic) bond motifs is 1. The number of amides is 1. The van der Waals surface area contributed by atoms with E-state index in [1.165, 1.54) is 0 Å². The molecule has 0 radical (unpaired) electrons. The molecule has 0 N–H and O–H groups in total. The van der Waals surface area contributed by atoms with Crippen molar-refractivity contribution in [3.63, 3.8) is 0 Å². The summed E-state index contributed by atoms with van der Waals surface area (Å²) in [7, 11) is 1.60. The lowest BCUT2D eigenvalue weighted by atomic mass is 9.82. The number of piperidine rings is 1. The van der Waals surface area contributed by atoms with Gasteiger partial charge in [0.2, 0.25) is 5.91 Å². The maximum Gasteiger partial charge on any atom is 0.223 e. The Labute approximate surface area is 200 Å². The van der Waals surface area contributed by atoms with Crippen LogP contribution in [0.15, 0.2) is 78.9 Å². The van der Waals surface area contributed by atoms with E-state index in [9.17, 15) is 9.59 Å². The number of benzene rings is 3. The highest BCUT2D eigenvalue weighted by Gasteiger charge is 2.44. The molecule has 0 bridgehead atoms. The Morgan fingerprint density at radius 2 is 1.59 bits per heavy atom. The van der Waals surface area contributed by atoms with Crippen molar-refractivity contribution in [3.8, 4) is 11.5 Å². The van der Waals surface area contributed by atoms with Gasteiger partial charge in [0, 0.05) is 44.3 Å². The van der Waals surface area contributed by atoms with Crippen LogP contribution in [-0.2, 0) is 4.79 Å². The molecule has 2 aliphatic heterocycles. The number of rotatable bonds is 5. The van der Waals surface area contributed by atoms with Gasteiger partial charge in [-0.15, -0.1) is 0 Å². The normalized spacial score (nSPS) is 16.8. The van der Waals surface area contributed by atoms with E-state index in [0.29, 0.717) is 55.8 Å². The second-order valence-electron chi connectivity index (χ2n) is 9.21. The van der Waals surface area contributed by atoms with E-state index in [0.717, 1.165) is 11.1 Å². The molecule has 2 aliphatic rings. The van der Waals surface area contributed by atoms with Crippen LogP contribution in [-0.4, -0.2) is 42.4 Å². The first-order chi connectivity index (χ1) is 16.6. The Kier molecular flexibility index (Phi) is 6.10. The first-order valence-corrected chi connectivity index (χ1v) is 11.8. The Balaban J connectivity index is 1.29. The van der Waals surface area contributed by atoms with Crippen molar-refractivity contribution in [2.75, 3.05) is 20.2 Å². The number of carbonyl (C=O) groups is 2. The van der Waals surface area contributed by atoms with E-state index < -0.39 is 5.60 Å². The van der Waals surface area contributed by atoms with Crippen LogP contribution in [0.3, 0.4) is 0 Å². The lowest BCUT2D eigenvalue weighted by molar-refractivity contribution is -0.135. The number of methoxy groups -OCH3 is 1. The van der Waals surface area contributed by atoms with Crippen molar-refractivity contribution in [1.29, 1.82) is 0 Å². The second kappa shape index (κ2) is 9.34. The van der Waals surface area contributed by atoms with Crippen LogP contribution in [0, 0.1) is 0 Å². The van der Waals surface area contributed by atoms with Crippen molar-refractivity contribution in [1.82, 2.24) is 4.90 Å². The van der Waals surface area contributed by atoms with Gasteiger partial charge in [-0.1, -0.05) is 60.7 Å². The molecule has 1 fully saturated rings. The molecule has 5 nitrogen and oxygen atoms in total. The molecule has 3 aromatic carbocycles. The van der Waals surface area contributed by atoms with Gasteiger partial charge in [-0.2, -0.15) is 0 Å². The van der Waals surface area contributed by atoms with E-state index in [4.69, 9.17) is 9.47 Å². The molecule has 0 saturated carbocycles. The van der Waals surface area contributed by atoms with Crippen LogP contribution in [0.25, 0.3) is 0 Å². The van der Waals surface area contributed by atoms with Crippen LogP contribution in [0.5, 0.6) is 11.5 Å². The van der Waals surface area contributed by atoms with Crippen molar-refractivity contribution in [3.05, 3.63) is 95.6 Å². The Morgan fingerprint density at radius 1 is 0.971 bits per heavy atom. The summed E-state index contributed by atoms with van der Waals surface area (Å²) < 4.78 is 11.7. The van der Waals surface area contributed by atoms with Gasteiger partial charge in [-0.25, -0.2) is 0 Å². The number of carbonyl (C=O) groups excluding carboxylic acids is 2. The molecule has 1 spiro atoms. The minimum Gasteiger partial charge on any atom is -0.497 e. The van der Waals surface area contributed by atoms with Crippen molar-refractivity contribution < 1.29 is 19.1 Å². The predicted molar refractivity (Wildman–Crippen MR) is 130 cm³/mol. The minimum atomic E-state index is -0.550.